The van der Waals surface area contributed by atoms with E-state index in [2.05, 4.69) is 55.9 Å². The largest absolute Gasteiger partial charge is 0.311 e. The molecule has 2 rings (SSSR count). The Hall–Kier alpha value is -0.930. The fourth-order valence-corrected chi connectivity index (χ4v) is 2.95. The molecule has 2 atom stereocenters. The molecule has 106 valence electrons. The van der Waals surface area contributed by atoms with Gasteiger partial charge in [0, 0.05) is 44.1 Å². The summed E-state index contributed by atoms with van der Waals surface area (Å²) in [6, 6.07) is 3.39. The first kappa shape index (κ1) is 14.5. The predicted octanol–water partition coefficient (Wildman–Crippen LogP) is 2.60. The van der Waals surface area contributed by atoms with Crippen molar-refractivity contribution in [3.8, 4) is 0 Å². The number of nitrogens with one attached hydrogen (secondary N) is 1. The molecule has 2 unspecified atom stereocenters. The van der Waals surface area contributed by atoms with Gasteiger partial charge >= 0.3 is 0 Å². The van der Waals surface area contributed by atoms with Crippen LogP contribution in [0.15, 0.2) is 18.5 Å². The molecule has 3 nitrogen and oxygen atoms in total. The molecular formula is C16H27N3. The van der Waals surface area contributed by atoms with E-state index in [9.17, 15) is 0 Å². The van der Waals surface area contributed by atoms with E-state index < -0.39 is 0 Å². The van der Waals surface area contributed by atoms with Gasteiger partial charge in [0.2, 0.25) is 0 Å². The van der Waals surface area contributed by atoms with E-state index in [-0.39, 0.29) is 0 Å². The zero-order valence-corrected chi connectivity index (χ0v) is 12.9. The van der Waals surface area contributed by atoms with E-state index in [1.807, 2.05) is 12.4 Å². The molecule has 0 spiro atoms. The van der Waals surface area contributed by atoms with Crippen molar-refractivity contribution in [1.82, 2.24) is 15.2 Å². The van der Waals surface area contributed by atoms with Crippen molar-refractivity contribution < 1.29 is 0 Å². The summed E-state index contributed by atoms with van der Waals surface area (Å²) in [4.78, 5) is 6.92. The average molecular weight is 261 g/mol. The minimum atomic E-state index is 0.296. The molecule has 1 fully saturated rings. The van der Waals surface area contributed by atoms with E-state index >= 15 is 0 Å². The number of aromatic nitrogens is 1. The van der Waals surface area contributed by atoms with Crippen LogP contribution >= 0.6 is 0 Å². The Labute approximate surface area is 117 Å². The van der Waals surface area contributed by atoms with Crippen LogP contribution in [0.3, 0.4) is 0 Å². The molecule has 1 N–H and O–H groups in total. The van der Waals surface area contributed by atoms with Crippen molar-refractivity contribution in [3.05, 3.63) is 29.6 Å². The van der Waals surface area contributed by atoms with Gasteiger partial charge in [-0.15, -0.1) is 0 Å². The Morgan fingerprint density at radius 2 is 2.11 bits per heavy atom. The third-order valence-electron chi connectivity index (χ3n) is 3.93. The van der Waals surface area contributed by atoms with Gasteiger partial charge in [0.25, 0.3) is 0 Å². The van der Waals surface area contributed by atoms with Gasteiger partial charge in [-0.1, -0.05) is 26.8 Å². The van der Waals surface area contributed by atoms with Gasteiger partial charge in [-0.3, -0.25) is 9.88 Å². The lowest BCUT2D eigenvalue weighted by Crippen LogP contribution is -2.59. The van der Waals surface area contributed by atoms with Gasteiger partial charge in [0.1, 0.15) is 0 Å². The summed E-state index contributed by atoms with van der Waals surface area (Å²) >= 11 is 0. The van der Waals surface area contributed by atoms with Crippen molar-refractivity contribution in [2.45, 2.75) is 53.2 Å². The van der Waals surface area contributed by atoms with Crippen molar-refractivity contribution in [2.75, 3.05) is 13.1 Å². The Bertz CT molecular complexity index is 422. The third-order valence-corrected chi connectivity index (χ3v) is 3.93. The van der Waals surface area contributed by atoms with E-state index in [0.29, 0.717) is 17.5 Å². The third kappa shape index (κ3) is 3.77. The maximum absolute atomic E-state index is 4.31. The highest BCUT2D eigenvalue weighted by Crippen LogP contribution is 2.27. The zero-order chi connectivity index (χ0) is 14.0. The first-order chi connectivity index (χ1) is 8.86. The van der Waals surface area contributed by atoms with Crippen LogP contribution in [-0.2, 0) is 6.54 Å². The quantitative estimate of drug-likeness (QED) is 0.887. The second kappa shape index (κ2) is 5.59. The molecule has 3 heteroatoms. The number of hydrogen-bond donors (Lipinski definition) is 1. The molecule has 0 amide bonds. The molecule has 1 saturated heterocycles. The van der Waals surface area contributed by atoms with Gasteiger partial charge in [-0.2, -0.15) is 0 Å². The summed E-state index contributed by atoms with van der Waals surface area (Å²) in [5, 5.41) is 3.61. The van der Waals surface area contributed by atoms with Crippen LogP contribution in [0.25, 0.3) is 0 Å². The normalized spacial score (nSPS) is 25.5. The maximum atomic E-state index is 4.31. The Kier molecular flexibility index (Phi) is 4.26. The van der Waals surface area contributed by atoms with E-state index in [1.54, 1.807) is 0 Å². The first-order valence-electron chi connectivity index (χ1n) is 7.24. The summed E-state index contributed by atoms with van der Waals surface area (Å²) in [6.07, 6.45) is 3.92. The van der Waals surface area contributed by atoms with Gasteiger partial charge in [0.05, 0.1) is 0 Å². The predicted molar refractivity (Wildman–Crippen MR) is 80.1 cm³/mol. The minimum Gasteiger partial charge on any atom is -0.311 e. The Balaban J connectivity index is 2.14. The summed E-state index contributed by atoms with van der Waals surface area (Å²) in [5.41, 5.74) is 2.86. The van der Waals surface area contributed by atoms with E-state index in [1.165, 1.54) is 11.1 Å². The number of piperazine rings is 1. The van der Waals surface area contributed by atoms with Crippen LogP contribution in [0.4, 0.5) is 0 Å². The second-order valence-electron chi connectivity index (χ2n) is 6.99. The number of nitrogens with zero attached hydrogens (tertiary/aromatic N) is 2. The molecule has 2 heterocycles. The topological polar surface area (TPSA) is 28.2 Å². The molecule has 0 aromatic carbocycles. The molecule has 1 aromatic rings. The first-order valence-corrected chi connectivity index (χ1v) is 7.24. The smallest absolute Gasteiger partial charge is 0.0313 e. The lowest BCUT2D eigenvalue weighted by Gasteiger charge is -2.45. The maximum Gasteiger partial charge on any atom is 0.0313 e. The summed E-state index contributed by atoms with van der Waals surface area (Å²) in [6.45, 7) is 14.5. The molecule has 1 aliphatic rings. The fraction of sp³-hybridized carbons (Fsp3) is 0.688. The van der Waals surface area contributed by atoms with E-state index in [4.69, 9.17) is 0 Å². The van der Waals surface area contributed by atoms with Crippen molar-refractivity contribution in [2.24, 2.45) is 5.41 Å². The monoisotopic (exact) mass is 261 g/mol. The number of aryl methyl sites for hydroxylation is 1. The summed E-state index contributed by atoms with van der Waals surface area (Å²) < 4.78 is 0. The van der Waals surface area contributed by atoms with Crippen molar-refractivity contribution in [3.63, 3.8) is 0 Å². The van der Waals surface area contributed by atoms with Crippen LogP contribution < -0.4 is 5.32 Å². The highest BCUT2D eigenvalue weighted by molar-refractivity contribution is 5.17. The van der Waals surface area contributed by atoms with Crippen molar-refractivity contribution in [1.29, 1.82) is 0 Å². The molecule has 1 aliphatic heterocycles. The average Bonchev–Trinajstić information content (AvgIpc) is 2.27. The van der Waals surface area contributed by atoms with Crippen LogP contribution in [0.5, 0.6) is 0 Å². The number of pyridine rings is 1. The Morgan fingerprint density at radius 3 is 2.74 bits per heavy atom. The van der Waals surface area contributed by atoms with Gasteiger partial charge in [0.15, 0.2) is 0 Å². The van der Waals surface area contributed by atoms with Gasteiger partial charge < -0.3 is 5.32 Å². The minimum absolute atomic E-state index is 0.296. The van der Waals surface area contributed by atoms with Gasteiger partial charge in [-0.25, -0.2) is 0 Å². The highest BCUT2D eigenvalue weighted by Gasteiger charge is 2.34. The molecule has 0 saturated carbocycles. The molecule has 1 aromatic heterocycles. The highest BCUT2D eigenvalue weighted by atomic mass is 15.2. The molecule has 0 aliphatic carbocycles. The molecular weight excluding hydrogens is 234 g/mol. The SMILES string of the molecule is Cc1cncc(CN2CC(C)NCC2C(C)(C)C)c1. The Morgan fingerprint density at radius 1 is 1.37 bits per heavy atom. The van der Waals surface area contributed by atoms with Crippen molar-refractivity contribution >= 4 is 0 Å². The van der Waals surface area contributed by atoms with Crippen LogP contribution in [-0.4, -0.2) is 35.1 Å². The van der Waals surface area contributed by atoms with E-state index in [0.717, 1.165) is 19.6 Å². The molecule has 0 bridgehead atoms. The fourth-order valence-electron chi connectivity index (χ4n) is 2.95. The van der Waals surface area contributed by atoms with Crippen LogP contribution in [0, 0.1) is 12.3 Å². The lowest BCUT2D eigenvalue weighted by molar-refractivity contribution is 0.0525. The molecule has 0 radical (unpaired) electrons. The molecule has 19 heavy (non-hydrogen) atoms. The summed E-state index contributed by atoms with van der Waals surface area (Å²) in [5.74, 6) is 0. The van der Waals surface area contributed by atoms with Gasteiger partial charge in [-0.05, 0) is 30.4 Å². The van der Waals surface area contributed by atoms with Crippen LogP contribution in [0.2, 0.25) is 0 Å². The second-order valence-corrected chi connectivity index (χ2v) is 6.99. The van der Waals surface area contributed by atoms with Crippen LogP contribution in [0.1, 0.15) is 38.8 Å². The number of hydrogen-bond acceptors (Lipinski definition) is 3. The number of rotatable bonds is 2. The summed E-state index contributed by atoms with van der Waals surface area (Å²) in [7, 11) is 0. The lowest BCUT2D eigenvalue weighted by atomic mass is 9.84. The standard InChI is InChI=1S/C16H27N3/c1-12-6-14(8-17-7-12)11-19-10-13(2)18-9-15(19)16(3,4)5/h6-8,13,15,18H,9-11H2,1-5H3. The zero-order valence-electron chi connectivity index (χ0n) is 12.9.